The van der Waals surface area contributed by atoms with Crippen molar-refractivity contribution in [2.45, 2.75) is 38.8 Å². The molecule has 0 aliphatic carbocycles. The molecule has 1 aromatic heterocycles. The fourth-order valence-electron chi connectivity index (χ4n) is 2.19. The molecule has 1 atom stereocenters. The summed E-state index contributed by atoms with van der Waals surface area (Å²) in [4.78, 5) is 15.9. The van der Waals surface area contributed by atoms with Crippen LogP contribution in [0.1, 0.15) is 26.2 Å². The Morgan fingerprint density at radius 3 is 3.24 bits per heavy atom. The number of nitrogens with zero attached hydrogens (tertiary/aromatic N) is 2. The fourth-order valence-corrected chi connectivity index (χ4v) is 2.19. The van der Waals surface area contributed by atoms with Crippen LogP contribution < -0.4 is 16.2 Å². The first kappa shape index (κ1) is 12.1. The lowest BCUT2D eigenvalue weighted by Gasteiger charge is -2.11. The highest BCUT2D eigenvalue weighted by atomic mass is 16.1. The third-order valence-corrected chi connectivity index (χ3v) is 3.20. The lowest BCUT2D eigenvalue weighted by Crippen LogP contribution is -2.27. The average Bonchev–Trinajstić information content (AvgIpc) is 2.84. The number of aryl methyl sites for hydroxylation is 1. The SMILES string of the molecule is CCn1ccnc(NCC[C@H]2CCCN2)c1=O. The van der Waals surface area contributed by atoms with Gasteiger partial charge in [0.15, 0.2) is 5.82 Å². The van der Waals surface area contributed by atoms with Crippen molar-refractivity contribution in [2.75, 3.05) is 18.4 Å². The zero-order chi connectivity index (χ0) is 12.1. The summed E-state index contributed by atoms with van der Waals surface area (Å²) >= 11 is 0. The molecule has 0 radical (unpaired) electrons. The van der Waals surface area contributed by atoms with E-state index in [1.165, 1.54) is 12.8 Å². The fraction of sp³-hybridized carbons (Fsp3) is 0.667. The van der Waals surface area contributed by atoms with Gasteiger partial charge in [-0.2, -0.15) is 0 Å². The van der Waals surface area contributed by atoms with Crippen LogP contribution in [0.15, 0.2) is 17.2 Å². The largest absolute Gasteiger partial charge is 0.365 e. The molecule has 0 bridgehead atoms. The first-order chi connectivity index (χ1) is 8.31. The molecule has 1 fully saturated rings. The van der Waals surface area contributed by atoms with Gasteiger partial charge in [0, 0.05) is 31.5 Å². The summed E-state index contributed by atoms with van der Waals surface area (Å²) < 4.78 is 1.66. The highest BCUT2D eigenvalue weighted by molar-refractivity contribution is 5.30. The Balaban J connectivity index is 1.88. The number of rotatable bonds is 5. The maximum Gasteiger partial charge on any atom is 0.293 e. The van der Waals surface area contributed by atoms with E-state index in [9.17, 15) is 4.79 Å². The van der Waals surface area contributed by atoms with Crippen LogP contribution in [-0.4, -0.2) is 28.7 Å². The lowest BCUT2D eigenvalue weighted by molar-refractivity contribution is 0.573. The molecule has 5 heteroatoms. The molecule has 1 aliphatic rings. The van der Waals surface area contributed by atoms with E-state index >= 15 is 0 Å². The molecule has 2 rings (SSSR count). The minimum Gasteiger partial charge on any atom is -0.365 e. The second-order valence-corrected chi connectivity index (χ2v) is 4.38. The van der Waals surface area contributed by atoms with E-state index in [1.807, 2.05) is 6.92 Å². The van der Waals surface area contributed by atoms with Crippen LogP contribution in [-0.2, 0) is 6.54 Å². The zero-order valence-corrected chi connectivity index (χ0v) is 10.3. The second-order valence-electron chi connectivity index (χ2n) is 4.38. The summed E-state index contributed by atoms with van der Waals surface area (Å²) in [5.41, 5.74) is -0.0330. The number of hydrogen-bond acceptors (Lipinski definition) is 4. The molecule has 1 saturated heterocycles. The van der Waals surface area contributed by atoms with Gasteiger partial charge >= 0.3 is 0 Å². The zero-order valence-electron chi connectivity index (χ0n) is 10.3. The molecule has 0 spiro atoms. The molecular weight excluding hydrogens is 216 g/mol. The van der Waals surface area contributed by atoms with Gasteiger partial charge in [0.05, 0.1) is 0 Å². The maximum absolute atomic E-state index is 11.8. The van der Waals surface area contributed by atoms with Crippen molar-refractivity contribution >= 4 is 5.82 Å². The molecule has 0 aromatic carbocycles. The Morgan fingerprint density at radius 1 is 1.65 bits per heavy atom. The molecule has 1 aromatic rings. The van der Waals surface area contributed by atoms with E-state index in [-0.39, 0.29) is 5.56 Å². The predicted molar refractivity (Wildman–Crippen MR) is 68.3 cm³/mol. The van der Waals surface area contributed by atoms with E-state index < -0.39 is 0 Å². The van der Waals surface area contributed by atoms with Crippen LogP contribution >= 0.6 is 0 Å². The van der Waals surface area contributed by atoms with Crippen LogP contribution in [0.25, 0.3) is 0 Å². The van der Waals surface area contributed by atoms with E-state index in [0.29, 0.717) is 18.4 Å². The molecular formula is C12H20N4O. The third-order valence-electron chi connectivity index (χ3n) is 3.20. The number of hydrogen-bond donors (Lipinski definition) is 2. The molecule has 1 aliphatic heterocycles. The Morgan fingerprint density at radius 2 is 2.53 bits per heavy atom. The van der Waals surface area contributed by atoms with Gasteiger partial charge in [-0.25, -0.2) is 4.98 Å². The van der Waals surface area contributed by atoms with E-state index in [1.54, 1.807) is 17.0 Å². The highest BCUT2D eigenvalue weighted by Gasteiger charge is 2.13. The normalized spacial score (nSPS) is 19.5. The van der Waals surface area contributed by atoms with Crippen LogP contribution in [0.2, 0.25) is 0 Å². The number of nitrogens with one attached hydrogen (secondary N) is 2. The monoisotopic (exact) mass is 236 g/mol. The summed E-state index contributed by atoms with van der Waals surface area (Å²) in [5, 5.41) is 6.57. The summed E-state index contributed by atoms with van der Waals surface area (Å²) in [7, 11) is 0. The number of anilines is 1. The van der Waals surface area contributed by atoms with Gasteiger partial charge in [-0.05, 0) is 32.7 Å². The van der Waals surface area contributed by atoms with Crippen molar-refractivity contribution in [2.24, 2.45) is 0 Å². The van der Waals surface area contributed by atoms with Crippen molar-refractivity contribution < 1.29 is 0 Å². The Kier molecular flexibility index (Phi) is 4.14. The summed E-state index contributed by atoms with van der Waals surface area (Å²) in [6.07, 6.45) is 6.93. The second kappa shape index (κ2) is 5.82. The van der Waals surface area contributed by atoms with Gasteiger partial charge in [-0.1, -0.05) is 0 Å². The first-order valence-electron chi connectivity index (χ1n) is 6.34. The first-order valence-corrected chi connectivity index (χ1v) is 6.34. The smallest absolute Gasteiger partial charge is 0.293 e. The highest BCUT2D eigenvalue weighted by Crippen LogP contribution is 2.08. The van der Waals surface area contributed by atoms with Crippen molar-refractivity contribution in [3.8, 4) is 0 Å². The van der Waals surface area contributed by atoms with Gasteiger partial charge < -0.3 is 15.2 Å². The van der Waals surface area contributed by atoms with Crippen LogP contribution in [0.3, 0.4) is 0 Å². The summed E-state index contributed by atoms with van der Waals surface area (Å²) in [6.45, 7) is 4.55. The van der Waals surface area contributed by atoms with Crippen molar-refractivity contribution in [3.05, 3.63) is 22.7 Å². The minimum absolute atomic E-state index is 0.0330. The molecule has 2 N–H and O–H groups in total. The van der Waals surface area contributed by atoms with E-state index in [2.05, 4.69) is 15.6 Å². The molecule has 0 amide bonds. The Labute approximate surface area is 101 Å². The topological polar surface area (TPSA) is 59.0 Å². The molecule has 2 heterocycles. The van der Waals surface area contributed by atoms with Gasteiger partial charge in [-0.15, -0.1) is 0 Å². The Bertz CT molecular complexity index is 409. The molecule has 17 heavy (non-hydrogen) atoms. The van der Waals surface area contributed by atoms with Crippen LogP contribution in [0, 0.1) is 0 Å². The quantitative estimate of drug-likeness (QED) is 0.794. The summed E-state index contributed by atoms with van der Waals surface area (Å²) in [6, 6.07) is 0.597. The molecule has 0 saturated carbocycles. The Hall–Kier alpha value is -1.36. The maximum atomic E-state index is 11.8. The van der Waals surface area contributed by atoms with Gasteiger partial charge in [0.1, 0.15) is 0 Å². The third kappa shape index (κ3) is 3.06. The average molecular weight is 236 g/mol. The van der Waals surface area contributed by atoms with Gasteiger partial charge in [0.2, 0.25) is 0 Å². The number of aromatic nitrogens is 2. The van der Waals surface area contributed by atoms with Crippen LogP contribution in [0.4, 0.5) is 5.82 Å². The van der Waals surface area contributed by atoms with E-state index in [0.717, 1.165) is 19.5 Å². The minimum atomic E-state index is -0.0330. The van der Waals surface area contributed by atoms with Crippen LogP contribution in [0.5, 0.6) is 0 Å². The molecule has 0 unspecified atom stereocenters. The molecule has 94 valence electrons. The van der Waals surface area contributed by atoms with Crippen molar-refractivity contribution in [1.82, 2.24) is 14.9 Å². The molecule has 5 nitrogen and oxygen atoms in total. The predicted octanol–water partition coefficient (Wildman–Crippen LogP) is 0.817. The van der Waals surface area contributed by atoms with Crippen molar-refractivity contribution in [1.29, 1.82) is 0 Å². The lowest BCUT2D eigenvalue weighted by atomic mass is 10.1. The van der Waals surface area contributed by atoms with E-state index in [4.69, 9.17) is 0 Å². The summed E-state index contributed by atoms with van der Waals surface area (Å²) in [5.74, 6) is 0.465. The standard InChI is InChI=1S/C12H20N4O/c1-2-16-9-8-15-11(12(16)17)14-7-5-10-4-3-6-13-10/h8-10,13H,2-7H2,1H3,(H,14,15)/t10-/m1/s1. The van der Waals surface area contributed by atoms with Crippen molar-refractivity contribution in [3.63, 3.8) is 0 Å². The van der Waals surface area contributed by atoms with Gasteiger partial charge in [0.25, 0.3) is 5.56 Å². The van der Waals surface area contributed by atoms with Gasteiger partial charge in [-0.3, -0.25) is 4.79 Å².